The lowest BCUT2D eigenvalue weighted by Gasteiger charge is -2.28. The van der Waals surface area contributed by atoms with Crippen molar-refractivity contribution in [1.82, 2.24) is 15.5 Å². The van der Waals surface area contributed by atoms with Crippen molar-refractivity contribution in [1.29, 1.82) is 0 Å². The van der Waals surface area contributed by atoms with Crippen molar-refractivity contribution in [2.45, 2.75) is 91.5 Å². The molecule has 1 saturated heterocycles. The zero-order chi connectivity index (χ0) is 24.8. The van der Waals surface area contributed by atoms with Gasteiger partial charge in [0.15, 0.2) is 0 Å². The minimum atomic E-state index is -1.18. The Hall–Kier alpha value is -2.65. The summed E-state index contributed by atoms with van der Waals surface area (Å²) in [7, 11) is 0. The number of carboxylic acid groups (broad SMARTS) is 1. The van der Waals surface area contributed by atoms with Gasteiger partial charge in [0.2, 0.25) is 11.7 Å². The first-order valence-corrected chi connectivity index (χ1v) is 11.0. The molecule has 1 fully saturated rings. The number of rotatable bonds is 9. The standard InChI is InChI=1S/C22H37N3O7/c1-12(2)11-14(18(27)24-16(13(3)4)20(29)30)23-19(28)17(26)15-9-8-10-25(15)21(31)32-22(5,6)7/h12-16H,8-11H2,1-7H3,(H,23,28)(H,24,27)(H,29,30)/t14-,15?,16+/m1/s1. The van der Waals surface area contributed by atoms with Gasteiger partial charge in [0.05, 0.1) is 0 Å². The molecule has 0 aliphatic carbocycles. The summed E-state index contributed by atoms with van der Waals surface area (Å²) in [6, 6.07) is -3.17. The summed E-state index contributed by atoms with van der Waals surface area (Å²) in [4.78, 5) is 63.3. The summed E-state index contributed by atoms with van der Waals surface area (Å²) in [6.07, 6.45) is 0.420. The second kappa shape index (κ2) is 11.3. The van der Waals surface area contributed by atoms with E-state index in [9.17, 15) is 29.1 Å². The first-order chi connectivity index (χ1) is 14.6. The van der Waals surface area contributed by atoms with Gasteiger partial charge in [-0.1, -0.05) is 27.7 Å². The Labute approximate surface area is 189 Å². The zero-order valence-electron chi connectivity index (χ0n) is 20.1. The molecule has 0 radical (unpaired) electrons. The van der Waals surface area contributed by atoms with Crippen molar-refractivity contribution in [3.05, 3.63) is 0 Å². The van der Waals surface area contributed by atoms with E-state index in [2.05, 4.69) is 10.6 Å². The number of ether oxygens (including phenoxy) is 1. The Bertz CT molecular complexity index is 728. The normalized spacial score (nSPS) is 18.3. The topological polar surface area (TPSA) is 142 Å². The number of likely N-dealkylation sites (tertiary alicyclic amines) is 1. The molecule has 10 nitrogen and oxygen atoms in total. The van der Waals surface area contributed by atoms with Crippen LogP contribution in [-0.4, -0.2) is 69.9 Å². The highest BCUT2D eigenvalue weighted by Crippen LogP contribution is 2.22. The zero-order valence-corrected chi connectivity index (χ0v) is 20.1. The van der Waals surface area contributed by atoms with Crippen LogP contribution in [-0.2, 0) is 23.9 Å². The lowest BCUT2D eigenvalue weighted by molar-refractivity contribution is -0.144. The summed E-state index contributed by atoms with van der Waals surface area (Å²) in [6.45, 7) is 12.4. The molecule has 0 aromatic heterocycles. The molecule has 32 heavy (non-hydrogen) atoms. The van der Waals surface area contributed by atoms with E-state index in [1.807, 2.05) is 13.8 Å². The van der Waals surface area contributed by atoms with Gasteiger partial charge in [-0.2, -0.15) is 0 Å². The van der Waals surface area contributed by atoms with Crippen LogP contribution in [0.1, 0.15) is 67.7 Å². The third kappa shape index (κ3) is 8.12. The number of nitrogens with zero attached hydrogens (tertiary/aromatic N) is 1. The fourth-order valence-corrected chi connectivity index (χ4v) is 3.43. The van der Waals surface area contributed by atoms with Crippen LogP contribution in [0.3, 0.4) is 0 Å². The molecular formula is C22H37N3O7. The number of Topliss-reactive ketones (excluding diaryl/α,β-unsaturated/α-hetero) is 1. The number of carbonyl (C=O) groups is 5. The van der Waals surface area contributed by atoms with Gasteiger partial charge >= 0.3 is 12.1 Å². The van der Waals surface area contributed by atoms with E-state index < -0.39 is 53.4 Å². The average Bonchev–Trinajstić information content (AvgIpc) is 3.12. The van der Waals surface area contributed by atoms with Crippen molar-refractivity contribution in [3.8, 4) is 0 Å². The van der Waals surface area contributed by atoms with Gasteiger partial charge in [0.25, 0.3) is 5.91 Å². The van der Waals surface area contributed by atoms with Gasteiger partial charge in [-0.05, 0) is 51.9 Å². The maximum Gasteiger partial charge on any atom is 0.410 e. The van der Waals surface area contributed by atoms with Gasteiger partial charge in [-0.25, -0.2) is 9.59 Å². The minimum absolute atomic E-state index is 0.00628. The number of carboxylic acids is 1. The maximum atomic E-state index is 12.8. The molecule has 3 amide bonds. The van der Waals surface area contributed by atoms with Crippen LogP contribution in [0.25, 0.3) is 0 Å². The van der Waals surface area contributed by atoms with Crippen LogP contribution < -0.4 is 10.6 Å². The van der Waals surface area contributed by atoms with E-state index in [4.69, 9.17) is 4.74 Å². The molecule has 10 heteroatoms. The highest BCUT2D eigenvalue weighted by atomic mass is 16.6. The summed E-state index contributed by atoms with van der Waals surface area (Å²) >= 11 is 0. The van der Waals surface area contributed by atoms with Crippen LogP contribution in [0.4, 0.5) is 4.79 Å². The fraction of sp³-hybridized carbons (Fsp3) is 0.773. The second-order valence-electron chi connectivity index (χ2n) is 9.92. The number of hydrogen-bond acceptors (Lipinski definition) is 6. The molecule has 0 bridgehead atoms. The summed E-state index contributed by atoms with van der Waals surface area (Å²) in [5.74, 6) is -4.03. The molecule has 1 heterocycles. The largest absolute Gasteiger partial charge is 0.480 e. The van der Waals surface area contributed by atoms with E-state index in [1.54, 1.807) is 34.6 Å². The Balaban J connectivity index is 2.93. The number of hydrogen-bond donors (Lipinski definition) is 3. The lowest BCUT2D eigenvalue weighted by atomic mass is 10.00. The smallest absolute Gasteiger partial charge is 0.410 e. The third-order valence-electron chi connectivity index (χ3n) is 4.97. The van der Waals surface area contributed by atoms with Gasteiger partial charge < -0.3 is 20.5 Å². The second-order valence-corrected chi connectivity index (χ2v) is 9.92. The van der Waals surface area contributed by atoms with Crippen LogP contribution in [0.5, 0.6) is 0 Å². The Morgan fingerprint density at radius 2 is 1.66 bits per heavy atom. The minimum Gasteiger partial charge on any atom is -0.480 e. The average molecular weight is 456 g/mol. The molecule has 0 aromatic rings. The first-order valence-electron chi connectivity index (χ1n) is 11.0. The van der Waals surface area contributed by atoms with Crippen LogP contribution in [0.2, 0.25) is 0 Å². The first kappa shape index (κ1) is 27.4. The molecule has 1 unspecified atom stereocenters. The number of carbonyl (C=O) groups excluding carboxylic acids is 4. The molecular weight excluding hydrogens is 418 g/mol. The molecule has 3 N–H and O–H groups in total. The number of aliphatic carboxylic acids is 1. The van der Waals surface area contributed by atoms with Crippen molar-refractivity contribution < 1.29 is 33.8 Å². The number of ketones is 1. The third-order valence-corrected chi connectivity index (χ3v) is 4.97. The molecule has 1 rings (SSSR count). The SMILES string of the molecule is CC(C)C[C@@H](NC(=O)C(=O)C1CCCN1C(=O)OC(C)(C)C)C(=O)N[C@H](C(=O)O)C(C)C. The Morgan fingerprint density at radius 3 is 2.12 bits per heavy atom. The van der Waals surface area contributed by atoms with E-state index in [0.717, 1.165) is 0 Å². The van der Waals surface area contributed by atoms with Crippen LogP contribution >= 0.6 is 0 Å². The van der Waals surface area contributed by atoms with Crippen molar-refractivity contribution in [2.75, 3.05) is 6.54 Å². The highest BCUT2D eigenvalue weighted by Gasteiger charge is 2.40. The monoisotopic (exact) mass is 455 g/mol. The predicted octanol–water partition coefficient (Wildman–Crippen LogP) is 1.71. The van der Waals surface area contributed by atoms with Gasteiger partial charge in [-0.15, -0.1) is 0 Å². The number of amides is 3. The Morgan fingerprint density at radius 1 is 1.06 bits per heavy atom. The van der Waals surface area contributed by atoms with E-state index in [1.165, 1.54) is 4.90 Å². The van der Waals surface area contributed by atoms with Crippen molar-refractivity contribution >= 4 is 29.7 Å². The van der Waals surface area contributed by atoms with E-state index in [-0.39, 0.29) is 18.3 Å². The molecule has 0 aromatic carbocycles. The number of nitrogens with one attached hydrogen (secondary N) is 2. The predicted molar refractivity (Wildman–Crippen MR) is 117 cm³/mol. The molecule has 182 valence electrons. The van der Waals surface area contributed by atoms with Gasteiger partial charge in [-0.3, -0.25) is 19.3 Å². The molecule has 1 aliphatic rings. The molecule has 3 atom stereocenters. The lowest BCUT2D eigenvalue weighted by Crippen LogP contribution is -2.56. The fourth-order valence-electron chi connectivity index (χ4n) is 3.43. The summed E-state index contributed by atoms with van der Waals surface area (Å²) < 4.78 is 5.33. The van der Waals surface area contributed by atoms with Gasteiger partial charge in [0.1, 0.15) is 23.7 Å². The van der Waals surface area contributed by atoms with Gasteiger partial charge in [0, 0.05) is 6.54 Å². The van der Waals surface area contributed by atoms with Crippen molar-refractivity contribution in [2.24, 2.45) is 11.8 Å². The highest BCUT2D eigenvalue weighted by molar-refractivity contribution is 6.38. The summed E-state index contributed by atoms with van der Waals surface area (Å²) in [5.41, 5.74) is -0.743. The van der Waals surface area contributed by atoms with Crippen molar-refractivity contribution in [3.63, 3.8) is 0 Å². The van der Waals surface area contributed by atoms with E-state index in [0.29, 0.717) is 19.4 Å². The van der Waals surface area contributed by atoms with Crippen LogP contribution in [0.15, 0.2) is 0 Å². The molecule has 0 spiro atoms. The quantitative estimate of drug-likeness (QED) is 0.449. The summed E-state index contributed by atoms with van der Waals surface area (Å²) in [5, 5.41) is 14.2. The van der Waals surface area contributed by atoms with E-state index >= 15 is 0 Å². The molecule has 1 aliphatic heterocycles. The Kier molecular flexibility index (Phi) is 9.66. The van der Waals surface area contributed by atoms with Crippen LogP contribution in [0, 0.1) is 11.8 Å². The molecule has 0 saturated carbocycles. The maximum absolute atomic E-state index is 12.8.